The lowest BCUT2D eigenvalue weighted by atomic mass is 9.92. The highest BCUT2D eigenvalue weighted by Gasteiger charge is 2.36. The molecule has 1 aromatic rings. The minimum atomic E-state index is -0.778. The fraction of sp³-hybridized carbons (Fsp3) is 0.588. The Hall–Kier alpha value is -1.55. The summed E-state index contributed by atoms with van der Waals surface area (Å²) in [5, 5.41) is 9.71. The number of ether oxygens (including phenoxy) is 1. The van der Waals surface area contributed by atoms with Crippen LogP contribution in [-0.4, -0.2) is 34.7 Å². The Balaban J connectivity index is 2.27. The van der Waals surface area contributed by atoms with Crippen LogP contribution in [0.2, 0.25) is 0 Å². The van der Waals surface area contributed by atoms with Gasteiger partial charge in [-0.25, -0.2) is 0 Å². The van der Waals surface area contributed by atoms with Crippen molar-refractivity contribution >= 4 is 5.97 Å². The first-order valence-electron chi connectivity index (χ1n) is 7.77. The maximum absolute atomic E-state index is 11.8. The lowest BCUT2D eigenvalue weighted by Gasteiger charge is -2.42. The number of carboxylic acid groups (broad SMARTS) is 1. The van der Waals surface area contributed by atoms with E-state index in [2.05, 4.69) is 18.7 Å². The zero-order chi connectivity index (χ0) is 15.4. The van der Waals surface area contributed by atoms with Gasteiger partial charge in [0.2, 0.25) is 0 Å². The second kappa shape index (κ2) is 6.94. The summed E-state index contributed by atoms with van der Waals surface area (Å²) >= 11 is 0. The van der Waals surface area contributed by atoms with Crippen LogP contribution in [0.5, 0.6) is 5.75 Å². The van der Waals surface area contributed by atoms with Gasteiger partial charge < -0.3 is 9.84 Å². The van der Waals surface area contributed by atoms with E-state index in [0.29, 0.717) is 18.7 Å². The van der Waals surface area contributed by atoms with E-state index in [1.807, 2.05) is 31.2 Å². The smallest absolute Gasteiger partial charge is 0.325 e. The number of carbonyl (C=O) groups is 1. The van der Waals surface area contributed by atoms with Crippen LogP contribution in [0.4, 0.5) is 0 Å². The molecule has 0 aromatic heterocycles. The van der Waals surface area contributed by atoms with Gasteiger partial charge in [0.05, 0.1) is 6.61 Å². The molecule has 0 radical (unpaired) electrons. The van der Waals surface area contributed by atoms with Gasteiger partial charge in [0.15, 0.2) is 0 Å². The average Bonchev–Trinajstić information content (AvgIpc) is 2.44. The van der Waals surface area contributed by atoms with E-state index in [0.717, 1.165) is 24.2 Å². The number of carboxylic acids is 1. The normalized spacial score (nSPS) is 24.5. The molecule has 1 aliphatic heterocycles. The van der Waals surface area contributed by atoms with Gasteiger partial charge in [0.25, 0.3) is 0 Å². The fourth-order valence-electron chi connectivity index (χ4n) is 3.31. The Kier molecular flexibility index (Phi) is 5.23. The SMILES string of the molecule is CCOc1ccc(C(C(=O)O)N2C(C)CCCC2C)cc1. The molecular weight excluding hydrogens is 266 g/mol. The Labute approximate surface area is 126 Å². The zero-order valence-corrected chi connectivity index (χ0v) is 13.1. The first-order chi connectivity index (χ1) is 10.0. The molecule has 0 saturated carbocycles. The molecule has 1 aromatic carbocycles. The van der Waals surface area contributed by atoms with E-state index in [4.69, 9.17) is 4.74 Å². The largest absolute Gasteiger partial charge is 0.494 e. The van der Waals surface area contributed by atoms with Crippen molar-refractivity contribution in [3.05, 3.63) is 29.8 Å². The average molecular weight is 291 g/mol. The molecule has 116 valence electrons. The van der Waals surface area contributed by atoms with Crippen LogP contribution in [0, 0.1) is 0 Å². The lowest BCUT2D eigenvalue weighted by Crippen LogP contribution is -2.48. The van der Waals surface area contributed by atoms with E-state index < -0.39 is 12.0 Å². The Morgan fingerprint density at radius 2 is 1.86 bits per heavy atom. The van der Waals surface area contributed by atoms with E-state index in [-0.39, 0.29) is 0 Å². The highest BCUT2D eigenvalue weighted by Crippen LogP contribution is 2.33. The molecule has 3 unspecified atom stereocenters. The quantitative estimate of drug-likeness (QED) is 0.902. The molecule has 1 fully saturated rings. The highest BCUT2D eigenvalue weighted by molar-refractivity contribution is 5.75. The van der Waals surface area contributed by atoms with Crippen LogP contribution in [0.3, 0.4) is 0 Å². The maximum Gasteiger partial charge on any atom is 0.325 e. The van der Waals surface area contributed by atoms with Crippen molar-refractivity contribution in [2.24, 2.45) is 0 Å². The first-order valence-corrected chi connectivity index (χ1v) is 7.77. The Morgan fingerprint density at radius 1 is 1.29 bits per heavy atom. The molecule has 2 rings (SSSR count). The van der Waals surface area contributed by atoms with E-state index >= 15 is 0 Å². The van der Waals surface area contributed by atoms with Crippen LogP contribution < -0.4 is 4.74 Å². The summed E-state index contributed by atoms with van der Waals surface area (Å²) in [6.45, 7) is 6.80. The monoisotopic (exact) mass is 291 g/mol. The standard InChI is InChI=1S/C17H25NO3/c1-4-21-15-10-8-14(9-11-15)16(17(19)20)18-12(2)6-5-7-13(18)3/h8-13,16H,4-7H2,1-3H3,(H,19,20). The Bertz CT molecular complexity index is 461. The van der Waals surface area contributed by atoms with Crippen molar-refractivity contribution < 1.29 is 14.6 Å². The van der Waals surface area contributed by atoms with Gasteiger partial charge in [-0.2, -0.15) is 0 Å². The van der Waals surface area contributed by atoms with Crippen LogP contribution in [0.15, 0.2) is 24.3 Å². The highest BCUT2D eigenvalue weighted by atomic mass is 16.5. The van der Waals surface area contributed by atoms with Crippen molar-refractivity contribution in [3.8, 4) is 5.75 Å². The van der Waals surface area contributed by atoms with Gasteiger partial charge in [-0.05, 0) is 51.3 Å². The number of nitrogens with zero attached hydrogens (tertiary/aromatic N) is 1. The molecule has 0 aliphatic carbocycles. The van der Waals surface area contributed by atoms with Gasteiger partial charge in [0, 0.05) is 12.1 Å². The molecule has 0 spiro atoms. The van der Waals surface area contributed by atoms with Gasteiger partial charge in [-0.3, -0.25) is 9.69 Å². The number of likely N-dealkylation sites (tertiary alicyclic amines) is 1. The van der Waals surface area contributed by atoms with Crippen LogP contribution >= 0.6 is 0 Å². The summed E-state index contributed by atoms with van der Waals surface area (Å²) < 4.78 is 5.43. The first kappa shape index (κ1) is 15.8. The van der Waals surface area contributed by atoms with Crippen molar-refractivity contribution in [2.75, 3.05) is 6.61 Å². The van der Waals surface area contributed by atoms with Crippen molar-refractivity contribution in [1.29, 1.82) is 0 Å². The summed E-state index contributed by atoms with van der Waals surface area (Å²) in [6, 6.07) is 7.46. The van der Waals surface area contributed by atoms with Gasteiger partial charge >= 0.3 is 5.97 Å². The summed E-state index contributed by atoms with van der Waals surface area (Å²) in [5.41, 5.74) is 0.826. The van der Waals surface area contributed by atoms with Crippen LogP contribution in [0.25, 0.3) is 0 Å². The number of hydrogen-bond donors (Lipinski definition) is 1. The van der Waals surface area contributed by atoms with E-state index in [1.54, 1.807) is 0 Å². The maximum atomic E-state index is 11.8. The van der Waals surface area contributed by atoms with Crippen molar-refractivity contribution in [2.45, 2.75) is 58.2 Å². The van der Waals surface area contributed by atoms with Gasteiger partial charge in [-0.15, -0.1) is 0 Å². The molecule has 0 bridgehead atoms. The number of piperidine rings is 1. The predicted molar refractivity (Wildman–Crippen MR) is 82.6 cm³/mol. The molecule has 4 nitrogen and oxygen atoms in total. The molecular formula is C17H25NO3. The third-order valence-electron chi connectivity index (χ3n) is 4.30. The minimum absolute atomic E-state index is 0.293. The number of rotatable bonds is 5. The van der Waals surface area contributed by atoms with Crippen LogP contribution in [0.1, 0.15) is 51.6 Å². The molecule has 1 N–H and O–H groups in total. The molecule has 0 amide bonds. The summed E-state index contributed by atoms with van der Waals surface area (Å²) in [7, 11) is 0. The third kappa shape index (κ3) is 3.56. The second-order valence-corrected chi connectivity index (χ2v) is 5.82. The van der Waals surface area contributed by atoms with Gasteiger partial charge in [0.1, 0.15) is 11.8 Å². The topological polar surface area (TPSA) is 49.8 Å². The molecule has 1 saturated heterocycles. The summed E-state index contributed by atoms with van der Waals surface area (Å²) in [5.74, 6) is 0.00453. The van der Waals surface area contributed by atoms with Gasteiger partial charge in [-0.1, -0.05) is 18.6 Å². The molecule has 1 aliphatic rings. The minimum Gasteiger partial charge on any atom is -0.494 e. The Morgan fingerprint density at radius 3 is 2.33 bits per heavy atom. The van der Waals surface area contributed by atoms with Crippen molar-refractivity contribution in [1.82, 2.24) is 4.90 Å². The number of aliphatic carboxylic acids is 1. The number of benzene rings is 1. The fourth-order valence-corrected chi connectivity index (χ4v) is 3.31. The molecule has 3 atom stereocenters. The predicted octanol–water partition coefficient (Wildman–Crippen LogP) is 3.47. The van der Waals surface area contributed by atoms with E-state index in [1.165, 1.54) is 6.42 Å². The molecule has 21 heavy (non-hydrogen) atoms. The third-order valence-corrected chi connectivity index (χ3v) is 4.30. The number of hydrogen-bond acceptors (Lipinski definition) is 3. The molecule has 1 heterocycles. The summed E-state index contributed by atoms with van der Waals surface area (Å²) in [6.07, 6.45) is 3.30. The zero-order valence-electron chi connectivity index (χ0n) is 13.1. The second-order valence-electron chi connectivity index (χ2n) is 5.82. The van der Waals surface area contributed by atoms with Crippen molar-refractivity contribution in [3.63, 3.8) is 0 Å². The van der Waals surface area contributed by atoms with E-state index in [9.17, 15) is 9.90 Å². The molecule has 4 heteroatoms. The summed E-state index contributed by atoms with van der Waals surface area (Å²) in [4.78, 5) is 14.0. The van der Waals surface area contributed by atoms with Crippen LogP contribution in [-0.2, 0) is 4.79 Å². The lowest BCUT2D eigenvalue weighted by molar-refractivity contribution is -0.146.